The van der Waals surface area contributed by atoms with Gasteiger partial charge in [0.1, 0.15) is 6.04 Å². The number of anilines is 1. The van der Waals surface area contributed by atoms with Crippen molar-refractivity contribution in [2.45, 2.75) is 6.04 Å². The van der Waals surface area contributed by atoms with Crippen LogP contribution in [0.4, 0.5) is 5.69 Å². The zero-order valence-corrected chi connectivity index (χ0v) is 16.0. The molecule has 4 aromatic rings. The lowest BCUT2D eigenvalue weighted by molar-refractivity contribution is -0.118. The van der Waals surface area contributed by atoms with E-state index in [1.54, 1.807) is 30.5 Å². The van der Waals surface area contributed by atoms with E-state index in [-0.39, 0.29) is 0 Å². The molecule has 0 aliphatic rings. The van der Waals surface area contributed by atoms with Crippen LogP contribution in [-0.2, 0) is 4.79 Å². The number of carbonyl (C=O) groups is 2. The second kappa shape index (κ2) is 8.59. The van der Waals surface area contributed by atoms with Crippen molar-refractivity contribution in [3.8, 4) is 11.1 Å². The van der Waals surface area contributed by atoms with E-state index < -0.39 is 24.5 Å². The molecule has 0 unspecified atom stereocenters. The van der Waals surface area contributed by atoms with Crippen LogP contribution in [0.25, 0.3) is 22.0 Å². The Hall–Kier alpha value is -3.97. The lowest BCUT2D eigenvalue weighted by atomic mass is 10.0. The molecule has 0 saturated carbocycles. The van der Waals surface area contributed by atoms with Crippen LogP contribution in [0.5, 0.6) is 0 Å². The fraction of sp³-hybridized carbons (Fsp3) is 0.0870. The molecular weight excluding hydrogens is 380 g/mol. The number of rotatable bonds is 6. The Kier molecular flexibility index (Phi) is 5.54. The van der Waals surface area contributed by atoms with Gasteiger partial charge < -0.3 is 15.7 Å². The Balaban J connectivity index is 1.42. The van der Waals surface area contributed by atoms with E-state index >= 15 is 0 Å². The van der Waals surface area contributed by atoms with Crippen LogP contribution in [0.2, 0.25) is 0 Å². The van der Waals surface area contributed by atoms with Gasteiger partial charge in [0.15, 0.2) is 0 Å². The number of nitrogens with zero attached hydrogens (tertiary/aromatic N) is 1. The molecule has 0 aliphatic heterocycles. The third-order valence-corrected chi connectivity index (χ3v) is 4.77. The number of fused-ring (bicyclic) bond motifs is 1. The quantitative estimate of drug-likeness (QED) is 0.399. The maximum Gasteiger partial charge on any atom is 0.251 e. The van der Waals surface area contributed by atoms with Gasteiger partial charge >= 0.3 is 0 Å². The summed E-state index contributed by atoms with van der Waals surface area (Å²) in [6.45, 7) is -0.522. The number of aromatic nitrogens is 2. The van der Waals surface area contributed by atoms with Gasteiger partial charge in [0.25, 0.3) is 5.91 Å². The Bertz CT molecular complexity index is 1170. The van der Waals surface area contributed by atoms with E-state index in [2.05, 4.69) is 20.8 Å². The number of hydrogen-bond donors (Lipinski definition) is 4. The first-order valence-electron chi connectivity index (χ1n) is 9.45. The standard InChI is InChI=1S/C23H20N4O3/c28-14-21(23(30)25-19-11-10-18-13-24-27-20(18)12-19)26-22(29)17-8-6-16(7-9-17)15-4-2-1-3-5-15/h1-13,21,28H,14H2,(H,24,27)(H,25,30)(H,26,29)/t21-/m0/s1. The number of hydrogen-bond acceptors (Lipinski definition) is 4. The molecule has 7 heteroatoms. The van der Waals surface area contributed by atoms with Crippen molar-refractivity contribution in [2.24, 2.45) is 0 Å². The predicted molar refractivity (Wildman–Crippen MR) is 115 cm³/mol. The van der Waals surface area contributed by atoms with Crippen LogP contribution >= 0.6 is 0 Å². The summed E-state index contributed by atoms with van der Waals surface area (Å²) in [5.74, 6) is -0.946. The van der Waals surface area contributed by atoms with Gasteiger partial charge in [-0.25, -0.2) is 0 Å². The molecule has 0 radical (unpaired) electrons. The van der Waals surface area contributed by atoms with Gasteiger partial charge in [0.05, 0.1) is 18.3 Å². The number of nitrogens with one attached hydrogen (secondary N) is 3. The second-order valence-electron chi connectivity index (χ2n) is 6.81. The fourth-order valence-corrected chi connectivity index (χ4v) is 3.12. The monoisotopic (exact) mass is 400 g/mol. The number of amides is 2. The Morgan fingerprint density at radius 3 is 2.43 bits per heavy atom. The molecule has 1 aromatic heterocycles. The normalized spacial score (nSPS) is 11.8. The average molecular weight is 400 g/mol. The maximum atomic E-state index is 12.5. The van der Waals surface area contributed by atoms with E-state index in [1.807, 2.05) is 48.5 Å². The lowest BCUT2D eigenvalue weighted by Crippen LogP contribution is -2.46. The topological polar surface area (TPSA) is 107 Å². The zero-order chi connectivity index (χ0) is 20.9. The van der Waals surface area contributed by atoms with E-state index in [1.165, 1.54) is 0 Å². The first kappa shape index (κ1) is 19.4. The Morgan fingerprint density at radius 1 is 0.967 bits per heavy atom. The van der Waals surface area contributed by atoms with Gasteiger partial charge in [-0.05, 0) is 41.5 Å². The summed E-state index contributed by atoms with van der Waals surface area (Å²) in [6.07, 6.45) is 1.68. The molecule has 4 N–H and O–H groups in total. The van der Waals surface area contributed by atoms with Crippen molar-refractivity contribution >= 4 is 28.4 Å². The van der Waals surface area contributed by atoms with Crippen molar-refractivity contribution < 1.29 is 14.7 Å². The number of aromatic amines is 1. The second-order valence-corrected chi connectivity index (χ2v) is 6.81. The largest absolute Gasteiger partial charge is 0.394 e. The zero-order valence-electron chi connectivity index (χ0n) is 16.0. The van der Waals surface area contributed by atoms with Crippen molar-refractivity contribution in [3.05, 3.63) is 84.6 Å². The molecule has 0 bridgehead atoms. The van der Waals surface area contributed by atoms with Crippen LogP contribution in [0.15, 0.2) is 79.0 Å². The van der Waals surface area contributed by atoms with Gasteiger partial charge in [-0.15, -0.1) is 0 Å². The van der Waals surface area contributed by atoms with Crippen molar-refractivity contribution in [1.29, 1.82) is 0 Å². The molecule has 7 nitrogen and oxygen atoms in total. The number of aliphatic hydroxyl groups excluding tert-OH is 1. The molecule has 2 amide bonds. The number of benzene rings is 3. The highest BCUT2D eigenvalue weighted by Crippen LogP contribution is 2.19. The van der Waals surface area contributed by atoms with Crippen LogP contribution < -0.4 is 10.6 Å². The molecular formula is C23H20N4O3. The minimum Gasteiger partial charge on any atom is -0.394 e. The highest BCUT2D eigenvalue weighted by atomic mass is 16.3. The Morgan fingerprint density at radius 2 is 1.70 bits per heavy atom. The first-order chi connectivity index (χ1) is 14.6. The van der Waals surface area contributed by atoms with E-state index in [4.69, 9.17) is 0 Å². The third kappa shape index (κ3) is 4.21. The van der Waals surface area contributed by atoms with E-state index in [0.29, 0.717) is 11.3 Å². The van der Waals surface area contributed by atoms with Crippen LogP contribution in [-0.4, -0.2) is 39.8 Å². The van der Waals surface area contributed by atoms with Crippen LogP contribution in [0.1, 0.15) is 10.4 Å². The molecule has 0 aliphatic carbocycles. The molecule has 150 valence electrons. The molecule has 3 aromatic carbocycles. The smallest absolute Gasteiger partial charge is 0.251 e. The molecule has 1 atom stereocenters. The highest BCUT2D eigenvalue weighted by molar-refractivity contribution is 6.02. The van der Waals surface area contributed by atoms with Crippen molar-refractivity contribution in [2.75, 3.05) is 11.9 Å². The van der Waals surface area contributed by atoms with E-state index in [0.717, 1.165) is 22.0 Å². The van der Waals surface area contributed by atoms with Gasteiger partial charge in [-0.1, -0.05) is 42.5 Å². The molecule has 0 fully saturated rings. The summed E-state index contributed by atoms with van der Waals surface area (Å²) in [5.41, 5.74) is 3.75. The molecule has 4 rings (SSSR count). The molecule has 30 heavy (non-hydrogen) atoms. The highest BCUT2D eigenvalue weighted by Gasteiger charge is 2.21. The molecule has 1 heterocycles. The molecule has 0 spiro atoms. The maximum absolute atomic E-state index is 12.5. The third-order valence-electron chi connectivity index (χ3n) is 4.77. The van der Waals surface area contributed by atoms with Crippen molar-refractivity contribution in [1.82, 2.24) is 15.5 Å². The minimum atomic E-state index is -1.08. The summed E-state index contributed by atoms with van der Waals surface area (Å²) < 4.78 is 0. The average Bonchev–Trinajstić information content (AvgIpc) is 3.26. The number of H-pyrrole nitrogens is 1. The van der Waals surface area contributed by atoms with Gasteiger partial charge in [0.2, 0.25) is 5.91 Å². The first-order valence-corrected chi connectivity index (χ1v) is 9.45. The van der Waals surface area contributed by atoms with Crippen LogP contribution in [0.3, 0.4) is 0 Å². The van der Waals surface area contributed by atoms with Gasteiger partial charge in [-0.2, -0.15) is 5.10 Å². The summed E-state index contributed by atoms with van der Waals surface area (Å²) in [6, 6.07) is 21.1. The lowest BCUT2D eigenvalue weighted by Gasteiger charge is -2.16. The fourth-order valence-electron chi connectivity index (χ4n) is 3.12. The van der Waals surface area contributed by atoms with Crippen molar-refractivity contribution in [3.63, 3.8) is 0 Å². The minimum absolute atomic E-state index is 0.403. The summed E-state index contributed by atoms with van der Waals surface area (Å²) in [5, 5.41) is 22.6. The van der Waals surface area contributed by atoms with Crippen LogP contribution in [0, 0.1) is 0 Å². The predicted octanol–water partition coefficient (Wildman–Crippen LogP) is 2.96. The number of carbonyl (C=O) groups excluding carboxylic acids is 2. The number of aliphatic hydroxyl groups is 1. The van der Waals surface area contributed by atoms with Gasteiger partial charge in [-0.3, -0.25) is 14.7 Å². The van der Waals surface area contributed by atoms with E-state index in [9.17, 15) is 14.7 Å². The Labute approximate surface area is 172 Å². The SMILES string of the molecule is O=C(N[C@@H](CO)C(=O)Nc1ccc2cn[nH]c2c1)c1ccc(-c2ccccc2)cc1. The molecule has 0 saturated heterocycles. The summed E-state index contributed by atoms with van der Waals surface area (Å²) in [7, 11) is 0. The summed E-state index contributed by atoms with van der Waals surface area (Å²) in [4.78, 5) is 25.1. The summed E-state index contributed by atoms with van der Waals surface area (Å²) >= 11 is 0. The van der Waals surface area contributed by atoms with Gasteiger partial charge in [0, 0.05) is 16.6 Å².